The quantitative estimate of drug-likeness (QED) is 0.738. The standard InChI is InChI=1S/C6H16O3Si.C3H5NO2/c1-5-6-10(7-2,8-3)9-4;5-3-4-1-2-6-3/h5-6H2,1-4H3;1-2H2,(H,4,5). The van der Waals surface area contributed by atoms with Gasteiger partial charge in [0.15, 0.2) is 0 Å². The predicted octanol–water partition coefficient (Wildman–Crippen LogP) is 1.00. The van der Waals surface area contributed by atoms with Crippen LogP contribution in [0.3, 0.4) is 0 Å². The summed E-state index contributed by atoms with van der Waals surface area (Å²) in [4.78, 5) is 9.91. The van der Waals surface area contributed by atoms with Gasteiger partial charge >= 0.3 is 14.9 Å². The van der Waals surface area contributed by atoms with Crippen LogP contribution in [0.15, 0.2) is 0 Å². The van der Waals surface area contributed by atoms with Crippen molar-refractivity contribution in [1.82, 2.24) is 5.32 Å². The fourth-order valence-electron chi connectivity index (χ4n) is 1.21. The summed E-state index contributed by atoms with van der Waals surface area (Å²) in [6.45, 7) is 3.27. The molecule has 1 aliphatic heterocycles. The van der Waals surface area contributed by atoms with Crippen molar-refractivity contribution < 1.29 is 22.8 Å². The van der Waals surface area contributed by atoms with E-state index in [1.807, 2.05) is 0 Å². The van der Waals surface area contributed by atoms with Crippen molar-refractivity contribution >= 4 is 14.9 Å². The summed E-state index contributed by atoms with van der Waals surface area (Å²) in [5.74, 6) is 0. The van der Waals surface area contributed by atoms with E-state index in [2.05, 4.69) is 17.0 Å². The maximum absolute atomic E-state index is 9.91. The van der Waals surface area contributed by atoms with Gasteiger partial charge in [-0.15, -0.1) is 0 Å². The lowest BCUT2D eigenvalue weighted by atomic mass is 10.6. The van der Waals surface area contributed by atoms with Crippen LogP contribution in [0.25, 0.3) is 0 Å². The summed E-state index contributed by atoms with van der Waals surface area (Å²) in [7, 11) is 2.68. The molecule has 1 N–H and O–H groups in total. The Labute approximate surface area is 97.6 Å². The van der Waals surface area contributed by atoms with Crippen molar-refractivity contribution in [3.8, 4) is 0 Å². The first-order valence-electron chi connectivity index (χ1n) is 5.20. The van der Waals surface area contributed by atoms with Gasteiger partial charge in [-0.05, 0) is 0 Å². The molecule has 0 bridgehead atoms. The second-order valence-corrected chi connectivity index (χ2v) is 6.20. The molecule has 0 aromatic rings. The van der Waals surface area contributed by atoms with Crippen LogP contribution in [0, 0.1) is 0 Å². The molecule has 0 aromatic carbocycles. The SMILES string of the molecule is CCC[Si](OC)(OC)OC.O=C1NCCO1. The zero-order valence-electron chi connectivity index (χ0n) is 10.4. The van der Waals surface area contributed by atoms with E-state index in [9.17, 15) is 4.79 Å². The average Bonchev–Trinajstić information content (AvgIpc) is 2.78. The van der Waals surface area contributed by atoms with Crippen LogP contribution in [0.2, 0.25) is 6.04 Å². The normalized spacial score (nSPS) is 14.9. The van der Waals surface area contributed by atoms with Gasteiger partial charge in [-0.25, -0.2) is 4.79 Å². The van der Waals surface area contributed by atoms with Crippen molar-refractivity contribution in [2.75, 3.05) is 34.5 Å². The molecule has 0 radical (unpaired) electrons. The Hall–Kier alpha value is -0.633. The summed E-state index contributed by atoms with van der Waals surface area (Å²) in [5.41, 5.74) is 0. The van der Waals surface area contributed by atoms with Gasteiger partial charge in [0.05, 0.1) is 6.54 Å². The maximum Gasteiger partial charge on any atom is 0.500 e. The van der Waals surface area contributed by atoms with Gasteiger partial charge in [0.1, 0.15) is 6.61 Å². The molecule has 96 valence electrons. The van der Waals surface area contributed by atoms with E-state index in [1.165, 1.54) is 0 Å². The Morgan fingerprint density at radius 3 is 2.00 bits per heavy atom. The second-order valence-electron chi connectivity index (χ2n) is 3.11. The second kappa shape index (κ2) is 8.51. The Bertz CT molecular complexity index is 182. The smallest absolute Gasteiger partial charge is 0.448 e. The molecule has 1 fully saturated rings. The lowest BCUT2D eigenvalue weighted by Gasteiger charge is -2.23. The van der Waals surface area contributed by atoms with E-state index in [1.54, 1.807) is 21.3 Å². The molecule has 1 amide bonds. The zero-order valence-corrected chi connectivity index (χ0v) is 11.4. The topological polar surface area (TPSA) is 66.0 Å². The molecule has 1 rings (SSSR count). The number of ether oxygens (including phenoxy) is 1. The fraction of sp³-hybridized carbons (Fsp3) is 0.889. The first kappa shape index (κ1) is 15.4. The van der Waals surface area contributed by atoms with Gasteiger partial charge in [-0.3, -0.25) is 0 Å². The molecule has 1 saturated heterocycles. The molecule has 7 heteroatoms. The van der Waals surface area contributed by atoms with Crippen molar-refractivity contribution in [3.05, 3.63) is 0 Å². The molecular formula is C9H21NO5Si. The molecule has 6 nitrogen and oxygen atoms in total. The molecule has 1 aliphatic rings. The van der Waals surface area contributed by atoms with E-state index in [0.717, 1.165) is 12.5 Å². The molecule has 0 unspecified atom stereocenters. The molecule has 1 heterocycles. The first-order valence-corrected chi connectivity index (χ1v) is 7.13. The van der Waals surface area contributed by atoms with Gasteiger partial charge in [0.2, 0.25) is 0 Å². The van der Waals surface area contributed by atoms with Gasteiger partial charge in [-0.2, -0.15) is 0 Å². The number of rotatable bonds is 5. The van der Waals surface area contributed by atoms with E-state index in [-0.39, 0.29) is 6.09 Å². The number of amides is 1. The van der Waals surface area contributed by atoms with Crippen molar-refractivity contribution in [2.45, 2.75) is 19.4 Å². The Balaban J connectivity index is 0.000000315. The third kappa shape index (κ3) is 5.45. The Kier molecular flexibility index (Phi) is 8.17. The highest BCUT2D eigenvalue weighted by Gasteiger charge is 2.36. The van der Waals surface area contributed by atoms with Crippen molar-refractivity contribution in [2.24, 2.45) is 0 Å². The molecule has 0 spiro atoms. The largest absolute Gasteiger partial charge is 0.500 e. The number of carbonyl (C=O) groups excluding carboxylic acids is 1. The van der Waals surface area contributed by atoms with E-state index >= 15 is 0 Å². The summed E-state index contributed by atoms with van der Waals surface area (Å²) < 4.78 is 19.9. The number of alkyl carbamates (subject to hydrolysis) is 1. The third-order valence-corrected chi connectivity index (χ3v) is 5.07. The number of cyclic esters (lactones) is 1. The third-order valence-electron chi connectivity index (χ3n) is 2.09. The van der Waals surface area contributed by atoms with Crippen LogP contribution >= 0.6 is 0 Å². The average molecular weight is 251 g/mol. The van der Waals surface area contributed by atoms with Crippen LogP contribution < -0.4 is 5.32 Å². The van der Waals surface area contributed by atoms with E-state index in [0.29, 0.717) is 13.2 Å². The van der Waals surface area contributed by atoms with Crippen molar-refractivity contribution in [1.29, 1.82) is 0 Å². The van der Waals surface area contributed by atoms with Gasteiger partial charge in [0, 0.05) is 27.4 Å². The maximum atomic E-state index is 9.91. The van der Waals surface area contributed by atoms with Crippen LogP contribution in [0.5, 0.6) is 0 Å². The highest BCUT2D eigenvalue weighted by atomic mass is 28.4. The fourth-order valence-corrected chi connectivity index (χ4v) is 2.93. The minimum absolute atomic E-state index is 0.296. The highest BCUT2D eigenvalue weighted by Crippen LogP contribution is 2.13. The highest BCUT2D eigenvalue weighted by molar-refractivity contribution is 6.60. The van der Waals surface area contributed by atoms with Crippen LogP contribution in [-0.2, 0) is 18.0 Å². The predicted molar refractivity (Wildman–Crippen MR) is 61.2 cm³/mol. The van der Waals surface area contributed by atoms with Gasteiger partial charge < -0.3 is 23.3 Å². The Morgan fingerprint density at radius 1 is 1.31 bits per heavy atom. The summed E-state index contributed by atoms with van der Waals surface area (Å²) in [5, 5.41) is 2.46. The number of nitrogens with one attached hydrogen (secondary N) is 1. The lowest BCUT2D eigenvalue weighted by Crippen LogP contribution is -2.42. The molecule has 0 atom stereocenters. The Morgan fingerprint density at radius 2 is 1.88 bits per heavy atom. The molecule has 16 heavy (non-hydrogen) atoms. The van der Waals surface area contributed by atoms with Gasteiger partial charge in [0.25, 0.3) is 0 Å². The van der Waals surface area contributed by atoms with Crippen LogP contribution in [0.4, 0.5) is 4.79 Å². The summed E-state index contributed by atoms with van der Waals surface area (Å²) in [6, 6.07) is 0.885. The number of hydrogen-bond donors (Lipinski definition) is 1. The first-order chi connectivity index (χ1) is 7.64. The lowest BCUT2D eigenvalue weighted by molar-refractivity contribution is 0.123. The zero-order chi connectivity index (χ0) is 12.4. The minimum atomic E-state index is -2.22. The van der Waals surface area contributed by atoms with Crippen LogP contribution in [0.1, 0.15) is 13.3 Å². The summed E-state index contributed by atoms with van der Waals surface area (Å²) in [6.07, 6.45) is 0.733. The molecule has 0 aliphatic carbocycles. The number of hydrogen-bond acceptors (Lipinski definition) is 5. The monoisotopic (exact) mass is 251 g/mol. The van der Waals surface area contributed by atoms with Crippen molar-refractivity contribution in [3.63, 3.8) is 0 Å². The molecule has 0 aromatic heterocycles. The van der Waals surface area contributed by atoms with Crippen LogP contribution in [-0.4, -0.2) is 49.4 Å². The molecular weight excluding hydrogens is 230 g/mol. The van der Waals surface area contributed by atoms with E-state index in [4.69, 9.17) is 13.3 Å². The number of carbonyl (C=O) groups is 1. The molecule has 0 saturated carbocycles. The minimum Gasteiger partial charge on any atom is -0.448 e. The summed E-state index contributed by atoms with van der Waals surface area (Å²) >= 11 is 0. The van der Waals surface area contributed by atoms with Gasteiger partial charge in [-0.1, -0.05) is 13.3 Å². The van der Waals surface area contributed by atoms with E-state index < -0.39 is 8.80 Å².